The van der Waals surface area contributed by atoms with Crippen LogP contribution in [0.3, 0.4) is 0 Å². The standard InChI is InChI=1S/C11H16F3NO3/c1-10(2)6(7(10)9(17)18)8(16)15(3)5-4-11(12,13)14/h6-7H,4-5H2,1-3H3,(H,17,18)/t6-,7+/m1/s1. The predicted octanol–water partition coefficient (Wildman–Crippen LogP) is 1.75. The zero-order valence-corrected chi connectivity index (χ0v) is 10.4. The highest BCUT2D eigenvalue weighted by molar-refractivity contribution is 5.91. The number of carboxylic acids is 1. The lowest BCUT2D eigenvalue weighted by molar-refractivity contribution is -0.147. The van der Waals surface area contributed by atoms with Gasteiger partial charge < -0.3 is 10.0 Å². The second kappa shape index (κ2) is 4.44. The van der Waals surface area contributed by atoms with Gasteiger partial charge in [0, 0.05) is 13.6 Å². The minimum Gasteiger partial charge on any atom is -0.481 e. The zero-order chi connectivity index (χ0) is 14.3. The van der Waals surface area contributed by atoms with Crippen LogP contribution in [0.2, 0.25) is 0 Å². The minimum absolute atomic E-state index is 0.443. The van der Waals surface area contributed by atoms with E-state index in [1.165, 1.54) is 7.05 Å². The van der Waals surface area contributed by atoms with E-state index < -0.39 is 48.3 Å². The average Bonchev–Trinajstić information content (AvgIpc) is 2.75. The van der Waals surface area contributed by atoms with Gasteiger partial charge in [0.1, 0.15) is 0 Å². The normalized spacial score (nSPS) is 25.7. The summed E-state index contributed by atoms with van der Waals surface area (Å²) in [5.74, 6) is -3.15. The Balaban J connectivity index is 2.59. The van der Waals surface area contributed by atoms with Crippen LogP contribution in [-0.2, 0) is 9.59 Å². The number of aliphatic carboxylic acids is 1. The van der Waals surface area contributed by atoms with E-state index in [2.05, 4.69) is 0 Å². The number of nitrogens with zero attached hydrogens (tertiary/aromatic N) is 1. The Morgan fingerprint density at radius 1 is 1.28 bits per heavy atom. The molecule has 0 bridgehead atoms. The number of carboxylic acid groups (broad SMARTS) is 1. The Morgan fingerprint density at radius 3 is 2.11 bits per heavy atom. The van der Waals surface area contributed by atoms with E-state index in [-0.39, 0.29) is 0 Å². The Hall–Kier alpha value is -1.27. The molecule has 0 aromatic rings. The Bertz CT molecular complexity index is 365. The topological polar surface area (TPSA) is 57.6 Å². The van der Waals surface area contributed by atoms with Crippen LogP contribution in [0.25, 0.3) is 0 Å². The van der Waals surface area contributed by atoms with E-state index >= 15 is 0 Å². The molecule has 1 aliphatic carbocycles. The predicted molar refractivity (Wildman–Crippen MR) is 56.7 cm³/mol. The largest absolute Gasteiger partial charge is 0.481 e. The SMILES string of the molecule is CN(CCC(F)(F)F)C(=O)[C@H]1[C@@H](C(=O)O)C1(C)C. The van der Waals surface area contributed by atoms with E-state index in [1.807, 2.05) is 0 Å². The number of amides is 1. The fourth-order valence-corrected chi connectivity index (χ4v) is 2.20. The van der Waals surface area contributed by atoms with Gasteiger partial charge >= 0.3 is 12.1 Å². The van der Waals surface area contributed by atoms with Gasteiger partial charge in [0.15, 0.2) is 0 Å². The summed E-state index contributed by atoms with van der Waals surface area (Å²) in [6.07, 6.45) is -5.40. The van der Waals surface area contributed by atoms with Gasteiger partial charge in [-0.2, -0.15) is 13.2 Å². The summed E-state index contributed by atoms with van der Waals surface area (Å²) in [6.45, 7) is 2.82. The molecule has 0 radical (unpaired) electrons. The lowest BCUT2D eigenvalue weighted by atomic mass is 10.1. The third-order valence-electron chi connectivity index (χ3n) is 3.47. The van der Waals surface area contributed by atoms with Crippen molar-refractivity contribution in [2.24, 2.45) is 17.3 Å². The second-order valence-electron chi connectivity index (χ2n) is 5.24. The molecule has 0 spiro atoms. The molecule has 1 aliphatic rings. The first-order valence-corrected chi connectivity index (χ1v) is 5.53. The van der Waals surface area contributed by atoms with Crippen molar-refractivity contribution in [3.05, 3.63) is 0 Å². The fourth-order valence-electron chi connectivity index (χ4n) is 2.20. The van der Waals surface area contributed by atoms with Crippen molar-refractivity contribution >= 4 is 11.9 Å². The first-order chi connectivity index (χ1) is 7.98. The molecule has 4 nitrogen and oxygen atoms in total. The third-order valence-corrected chi connectivity index (χ3v) is 3.47. The van der Waals surface area contributed by atoms with Crippen LogP contribution in [-0.4, -0.2) is 41.7 Å². The zero-order valence-electron chi connectivity index (χ0n) is 10.4. The molecule has 18 heavy (non-hydrogen) atoms. The molecule has 7 heteroatoms. The highest BCUT2D eigenvalue weighted by Gasteiger charge is 2.66. The van der Waals surface area contributed by atoms with Crippen LogP contribution >= 0.6 is 0 Å². The number of alkyl halides is 3. The van der Waals surface area contributed by atoms with E-state index in [9.17, 15) is 22.8 Å². The molecule has 0 saturated heterocycles. The van der Waals surface area contributed by atoms with Crippen molar-refractivity contribution in [2.45, 2.75) is 26.4 Å². The van der Waals surface area contributed by atoms with Crippen molar-refractivity contribution in [1.82, 2.24) is 4.90 Å². The van der Waals surface area contributed by atoms with Crippen LogP contribution in [0.1, 0.15) is 20.3 Å². The average molecular weight is 267 g/mol. The lowest BCUT2D eigenvalue weighted by Crippen LogP contribution is -2.33. The van der Waals surface area contributed by atoms with E-state index in [4.69, 9.17) is 5.11 Å². The first-order valence-electron chi connectivity index (χ1n) is 5.53. The minimum atomic E-state index is -4.32. The van der Waals surface area contributed by atoms with Crippen molar-refractivity contribution < 1.29 is 27.9 Å². The van der Waals surface area contributed by atoms with Gasteiger partial charge in [0.25, 0.3) is 0 Å². The van der Waals surface area contributed by atoms with Gasteiger partial charge in [0.05, 0.1) is 18.3 Å². The van der Waals surface area contributed by atoms with Crippen molar-refractivity contribution in [1.29, 1.82) is 0 Å². The van der Waals surface area contributed by atoms with Gasteiger partial charge in [-0.15, -0.1) is 0 Å². The van der Waals surface area contributed by atoms with E-state index in [0.29, 0.717) is 0 Å². The first kappa shape index (κ1) is 14.8. The molecule has 104 valence electrons. The van der Waals surface area contributed by atoms with Gasteiger partial charge in [-0.05, 0) is 5.41 Å². The second-order valence-corrected chi connectivity index (χ2v) is 5.24. The molecular weight excluding hydrogens is 251 g/mol. The van der Waals surface area contributed by atoms with Crippen LogP contribution in [0.5, 0.6) is 0 Å². The molecule has 0 aromatic carbocycles. The van der Waals surface area contributed by atoms with Crippen LogP contribution in [0.4, 0.5) is 13.2 Å². The summed E-state index contributed by atoms with van der Waals surface area (Å²) in [7, 11) is 1.27. The molecule has 1 N–H and O–H groups in total. The lowest BCUT2D eigenvalue weighted by Gasteiger charge is -2.18. The smallest absolute Gasteiger partial charge is 0.390 e. The fraction of sp³-hybridized carbons (Fsp3) is 0.818. The molecule has 1 rings (SSSR count). The Labute approximate surface area is 103 Å². The summed E-state index contributed by atoms with van der Waals surface area (Å²) in [5, 5.41) is 8.90. The highest BCUT2D eigenvalue weighted by Crippen LogP contribution is 2.58. The number of halogens is 3. The maximum absolute atomic E-state index is 12.0. The number of rotatable bonds is 4. The number of hydrogen-bond acceptors (Lipinski definition) is 2. The van der Waals surface area contributed by atoms with Gasteiger partial charge in [-0.25, -0.2) is 0 Å². The Morgan fingerprint density at radius 2 is 1.78 bits per heavy atom. The van der Waals surface area contributed by atoms with Crippen molar-refractivity contribution in [3.63, 3.8) is 0 Å². The molecular formula is C11H16F3NO3. The van der Waals surface area contributed by atoms with Crippen molar-refractivity contribution in [2.75, 3.05) is 13.6 Å². The molecule has 0 aromatic heterocycles. The van der Waals surface area contributed by atoms with Crippen LogP contribution < -0.4 is 0 Å². The molecule has 1 fully saturated rings. The monoisotopic (exact) mass is 267 g/mol. The van der Waals surface area contributed by atoms with Gasteiger partial charge in [0.2, 0.25) is 5.91 Å². The number of carbonyl (C=O) groups excluding carboxylic acids is 1. The number of carbonyl (C=O) groups is 2. The van der Waals surface area contributed by atoms with E-state index in [1.54, 1.807) is 13.8 Å². The highest BCUT2D eigenvalue weighted by atomic mass is 19.4. The summed E-state index contributed by atoms with van der Waals surface area (Å²) >= 11 is 0. The third kappa shape index (κ3) is 2.94. The molecule has 0 unspecified atom stereocenters. The Kier molecular flexibility index (Phi) is 3.65. The molecule has 2 atom stereocenters. The maximum atomic E-state index is 12.0. The molecule has 1 saturated carbocycles. The van der Waals surface area contributed by atoms with E-state index in [0.717, 1.165) is 4.90 Å². The number of hydrogen-bond donors (Lipinski definition) is 1. The quantitative estimate of drug-likeness (QED) is 0.844. The molecule has 0 aliphatic heterocycles. The van der Waals surface area contributed by atoms with Crippen LogP contribution in [0, 0.1) is 17.3 Å². The summed E-state index contributed by atoms with van der Waals surface area (Å²) in [4.78, 5) is 23.7. The van der Waals surface area contributed by atoms with Crippen molar-refractivity contribution in [3.8, 4) is 0 Å². The van der Waals surface area contributed by atoms with Crippen LogP contribution in [0.15, 0.2) is 0 Å². The van der Waals surface area contributed by atoms with Gasteiger partial charge in [-0.1, -0.05) is 13.8 Å². The maximum Gasteiger partial charge on any atom is 0.390 e. The summed E-state index contributed by atoms with van der Waals surface area (Å²) in [5.41, 5.74) is -0.685. The molecule has 1 amide bonds. The summed E-state index contributed by atoms with van der Waals surface area (Å²) in [6, 6.07) is 0. The summed E-state index contributed by atoms with van der Waals surface area (Å²) < 4.78 is 36.1. The van der Waals surface area contributed by atoms with Gasteiger partial charge in [-0.3, -0.25) is 9.59 Å². The molecule has 0 heterocycles.